The molecule has 0 bridgehead atoms. The fourth-order valence-corrected chi connectivity index (χ4v) is 2.49. The maximum absolute atomic E-state index is 10.5. The Balaban J connectivity index is 2.66. The smallest absolute Gasteiger partial charge is 0.303 e. The summed E-state index contributed by atoms with van der Waals surface area (Å²) in [5.41, 5.74) is 1.65. The van der Waals surface area contributed by atoms with Gasteiger partial charge in [-0.3, -0.25) is 4.79 Å². The summed E-state index contributed by atoms with van der Waals surface area (Å²) in [6, 6.07) is 0. The van der Waals surface area contributed by atoms with Crippen LogP contribution in [0.5, 0.6) is 0 Å². The summed E-state index contributed by atoms with van der Waals surface area (Å²) in [7, 11) is 0. The quantitative estimate of drug-likeness (QED) is 0.703. The van der Waals surface area contributed by atoms with E-state index < -0.39 is 5.97 Å². The van der Waals surface area contributed by atoms with Crippen molar-refractivity contribution in [2.24, 2.45) is 11.3 Å². The van der Waals surface area contributed by atoms with Crippen molar-refractivity contribution in [1.82, 2.24) is 0 Å². The number of allylic oxidation sites excluding steroid dienone is 2. The highest BCUT2D eigenvalue weighted by atomic mass is 16.4. The molecule has 2 nitrogen and oxygen atoms in total. The third-order valence-corrected chi connectivity index (χ3v) is 3.39. The normalized spacial score (nSPS) is 25.6. The standard InChI is InChI=1S/C12H20O2/c1-9-5-4-8-12(2,3)10(9)6-7-11(13)14/h5,10H,4,6-8H2,1-3H3,(H,13,14). The van der Waals surface area contributed by atoms with E-state index in [2.05, 4.69) is 26.8 Å². The van der Waals surface area contributed by atoms with Crippen LogP contribution in [-0.4, -0.2) is 11.1 Å². The number of hydrogen-bond acceptors (Lipinski definition) is 1. The molecule has 0 aromatic rings. The van der Waals surface area contributed by atoms with Gasteiger partial charge in [0.1, 0.15) is 0 Å². The highest BCUT2D eigenvalue weighted by Gasteiger charge is 2.32. The van der Waals surface area contributed by atoms with Gasteiger partial charge in [0.15, 0.2) is 0 Å². The second-order valence-electron chi connectivity index (χ2n) is 4.96. The van der Waals surface area contributed by atoms with Gasteiger partial charge in [0, 0.05) is 6.42 Å². The van der Waals surface area contributed by atoms with E-state index in [1.165, 1.54) is 12.0 Å². The lowest BCUT2D eigenvalue weighted by Gasteiger charge is -2.38. The number of carboxylic acids is 1. The van der Waals surface area contributed by atoms with Crippen LogP contribution >= 0.6 is 0 Å². The number of carbonyl (C=O) groups is 1. The number of carboxylic acid groups (broad SMARTS) is 1. The van der Waals surface area contributed by atoms with Gasteiger partial charge in [-0.2, -0.15) is 0 Å². The van der Waals surface area contributed by atoms with Crippen LogP contribution < -0.4 is 0 Å². The van der Waals surface area contributed by atoms with E-state index in [9.17, 15) is 4.79 Å². The van der Waals surface area contributed by atoms with Crippen molar-refractivity contribution in [3.05, 3.63) is 11.6 Å². The topological polar surface area (TPSA) is 37.3 Å². The van der Waals surface area contributed by atoms with E-state index in [1.807, 2.05) is 0 Å². The van der Waals surface area contributed by atoms with E-state index in [0.29, 0.717) is 12.3 Å². The third-order valence-electron chi connectivity index (χ3n) is 3.39. The average Bonchev–Trinajstić information content (AvgIpc) is 2.01. The van der Waals surface area contributed by atoms with E-state index in [-0.39, 0.29) is 5.41 Å². The highest BCUT2D eigenvalue weighted by Crippen LogP contribution is 2.43. The lowest BCUT2D eigenvalue weighted by molar-refractivity contribution is -0.137. The molecular formula is C12H20O2. The Hall–Kier alpha value is -0.790. The molecule has 1 aliphatic carbocycles. The molecule has 1 unspecified atom stereocenters. The zero-order chi connectivity index (χ0) is 10.8. The summed E-state index contributed by atoms with van der Waals surface area (Å²) in [6.45, 7) is 6.62. The fourth-order valence-electron chi connectivity index (χ4n) is 2.49. The van der Waals surface area contributed by atoms with Gasteiger partial charge in [0.2, 0.25) is 0 Å². The molecule has 0 aromatic carbocycles. The summed E-state index contributed by atoms with van der Waals surface area (Å²) in [4.78, 5) is 10.5. The maximum atomic E-state index is 10.5. The lowest BCUT2D eigenvalue weighted by atomic mass is 9.67. The molecule has 0 amide bonds. The molecule has 80 valence electrons. The van der Waals surface area contributed by atoms with Crippen molar-refractivity contribution >= 4 is 5.97 Å². The van der Waals surface area contributed by atoms with Crippen molar-refractivity contribution in [2.45, 2.75) is 46.5 Å². The Morgan fingerprint density at radius 2 is 2.29 bits per heavy atom. The second-order valence-corrected chi connectivity index (χ2v) is 4.96. The van der Waals surface area contributed by atoms with Crippen molar-refractivity contribution in [1.29, 1.82) is 0 Å². The van der Waals surface area contributed by atoms with Crippen LogP contribution in [0.3, 0.4) is 0 Å². The van der Waals surface area contributed by atoms with Crippen LogP contribution in [0.25, 0.3) is 0 Å². The molecule has 1 aliphatic rings. The summed E-state index contributed by atoms with van der Waals surface area (Å²) in [5, 5.41) is 8.68. The number of rotatable bonds is 3. The first-order valence-corrected chi connectivity index (χ1v) is 5.32. The highest BCUT2D eigenvalue weighted by molar-refractivity contribution is 5.66. The molecule has 0 fully saturated rings. The summed E-state index contributed by atoms with van der Waals surface area (Å²) in [6.07, 6.45) is 5.65. The Labute approximate surface area is 86.0 Å². The van der Waals surface area contributed by atoms with Gasteiger partial charge < -0.3 is 5.11 Å². The minimum atomic E-state index is -0.681. The van der Waals surface area contributed by atoms with Gasteiger partial charge in [0.25, 0.3) is 0 Å². The molecule has 1 rings (SSSR count). The molecule has 0 aliphatic heterocycles. The van der Waals surface area contributed by atoms with Gasteiger partial charge >= 0.3 is 5.97 Å². The van der Waals surface area contributed by atoms with Crippen LogP contribution in [0.4, 0.5) is 0 Å². The maximum Gasteiger partial charge on any atom is 0.303 e. The average molecular weight is 196 g/mol. The monoisotopic (exact) mass is 196 g/mol. The predicted molar refractivity (Wildman–Crippen MR) is 57.1 cm³/mol. The summed E-state index contributed by atoms with van der Waals surface area (Å²) in [5.74, 6) is -0.230. The minimum Gasteiger partial charge on any atom is -0.481 e. The molecule has 0 heterocycles. The van der Waals surface area contributed by atoms with E-state index in [0.717, 1.165) is 12.8 Å². The van der Waals surface area contributed by atoms with E-state index in [1.54, 1.807) is 0 Å². The van der Waals surface area contributed by atoms with Gasteiger partial charge in [-0.1, -0.05) is 25.5 Å². The number of aliphatic carboxylic acids is 1. The van der Waals surface area contributed by atoms with Crippen LogP contribution in [0, 0.1) is 11.3 Å². The van der Waals surface area contributed by atoms with E-state index in [4.69, 9.17) is 5.11 Å². The molecule has 1 N–H and O–H groups in total. The van der Waals surface area contributed by atoms with Crippen LogP contribution in [0.1, 0.15) is 46.5 Å². The summed E-state index contributed by atoms with van der Waals surface area (Å²) < 4.78 is 0. The molecule has 0 spiro atoms. The molecule has 1 atom stereocenters. The number of hydrogen-bond donors (Lipinski definition) is 1. The zero-order valence-corrected chi connectivity index (χ0v) is 9.34. The fraction of sp³-hybridized carbons (Fsp3) is 0.750. The molecule has 14 heavy (non-hydrogen) atoms. The molecule has 0 saturated carbocycles. The van der Waals surface area contributed by atoms with Gasteiger partial charge in [-0.15, -0.1) is 0 Å². The van der Waals surface area contributed by atoms with Crippen molar-refractivity contribution < 1.29 is 9.90 Å². The predicted octanol–water partition coefficient (Wildman–Crippen LogP) is 3.23. The Morgan fingerprint density at radius 1 is 1.64 bits per heavy atom. The Kier molecular flexibility index (Phi) is 3.35. The summed E-state index contributed by atoms with van der Waals surface area (Å²) >= 11 is 0. The van der Waals surface area contributed by atoms with E-state index >= 15 is 0 Å². The van der Waals surface area contributed by atoms with Gasteiger partial charge in [-0.05, 0) is 37.5 Å². The first kappa shape index (κ1) is 11.3. The zero-order valence-electron chi connectivity index (χ0n) is 9.34. The first-order chi connectivity index (χ1) is 6.43. The van der Waals surface area contributed by atoms with Crippen LogP contribution in [-0.2, 0) is 4.79 Å². The molecule has 2 heteroatoms. The van der Waals surface area contributed by atoms with Crippen LogP contribution in [0.15, 0.2) is 11.6 Å². The van der Waals surface area contributed by atoms with Gasteiger partial charge in [0.05, 0.1) is 0 Å². The largest absolute Gasteiger partial charge is 0.481 e. The lowest BCUT2D eigenvalue weighted by Crippen LogP contribution is -2.28. The minimum absolute atomic E-state index is 0.272. The third kappa shape index (κ3) is 2.60. The Bertz CT molecular complexity index is 251. The SMILES string of the molecule is CC1=CCCC(C)(C)C1CCC(=O)O. The van der Waals surface area contributed by atoms with Crippen molar-refractivity contribution in [2.75, 3.05) is 0 Å². The first-order valence-electron chi connectivity index (χ1n) is 5.32. The Morgan fingerprint density at radius 3 is 2.79 bits per heavy atom. The van der Waals surface area contributed by atoms with Crippen molar-refractivity contribution in [3.63, 3.8) is 0 Å². The molecule has 0 aromatic heterocycles. The van der Waals surface area contributed by atoms with Gasteiger partial charge in [-0.25, -0.2) is 0 Å². The van der Waals surface area contributed by atoms with Crippen molar-refractivity contribution in [3.8, 4) is 0 Å². The molecule has 0 radical (unpaired) electrons. The van der Waals surface area contributed by atoms with Crippen LogP contribution in [0.2, 0.25) is 0 Å². The second kappa shape index (κ2) is 4.16. The molecule has 0 saturated heterocycles. The molecular weight excluding hydrogens is 176 g/mol.